The van der Waals surface area contributed by atoms with Crippen molar-refractivity contribution in [3.63, 3.8) is 0 Å². The van der Waals surface area contributed by atoms with E-state index in [-0.39, 0.29) is 5.91 Å². The highest BCUT2D eigenvalue weighted by Gasteiger charge is 2.26. The number of nitrogens with zero attached hydrogens (tertiary/aromatic N) is 2. The van der Waals surface area contributed by atoms with E-state index in [0.717, 1.165) is 37.3 Å². The van der Waals surface area contributed by atoms with Gasteiger partial charge in [-0.1, -0.05) is 6.07 Å². The summed E-state index contributed by atoms with van der Waals surface area (Å²) in [5, 5.41) is 0. The first-order valence-corrected chi connectivity index (χ1v) is 9.59. The van der Waals surface area contributed by atoms with E-state index in [9.17, 15) is 4.79 Å². The molecule has 5 nitrogen and oxygen atoms in total. The minimum Gasteiger partial charge on any atom is -0.493 e. The Hall–Kier alpha value is -2.69. The van der Waals surface area contributed by atoms with E-state index in [4.69, 9.17) is 9.47 Å². The molecule has 0 saturated carbocycles. The van der Waals surface area contributed by atoms with Crippen LogP contribution in [0.5, 0.6) is 11.5 Å². The number of fused-ring (bicyclic) bond motifs is 1. The highest BCUT2D eigenvalue weighted by atomic mass is 16.5. The maximum Gasteiger partial charge on any atom is 0.231 e. The molecule has 0 bridgehead atoms. The van der Waals surface area contributed by atoms with Crippen LogP contribution in [-0.2, 0) is 17.6 Å². The third kappa shape index (κ3) is 3.46. The molecule has 1 saturated heterocycles. The minimum absolute atomic E-state index is 0.120. The lowest BCUT2D eigenvalue weighted by molar-refractivity contribution is -0.117. The van der Waals surface area contributed by atoms with Crippen molar-refractivity contribution in [3.8, 4) is 11.5 Å². The molecule has 142 valence electrons. The van der Waals surface area contributed by atoms with Gasteiger partial charge in [-0.25, -0.2) is 0 Å². The number of hydrogen-bond donors (Lipinski definition) is 0. The van der Waals surface area contributed by atoms with Crippen molar-refractivity contribution in [1.29, 1.82) is 0 Å². The standard InChI is InChI=1S/C22H26N2O3/c1-26-20-8-5-16(13-21(20)27-2)14-22(25)24-12-9-17-15-18(6-7-19(17)24)23-10-3-4-11-23/h5-8,13,15H,3-4,9-12,14H2,1-2H3. The predicted octanol–water partition coefficient (Wildman–Crippen LogP) is 3.44. The summed E-state index contributed by atoms with van der Waals surface area (Å²) in [5.74, 6) is 1.45. The lowest BCUT2D eigenvalue weighted by Crippen LogP contribution is -2.30. The smallest absolute Gasteiger partial charge is 0.231 e. The first-order chi connectivity index (χ1) is 13.2. The molecule has 0 unspecified atom stereocenters. The highest BCUT2D eigenvalue weighted by Crippen LogP contribution is 2.34. The lowest BCUT2D eigenvalue weighted by Gasteiger charge is -2.21. The van der Waals surface area contributed by atoms with E-state index in [1.54, 1.807) is 14.2 Å². The molecule has 0 atom stereocenters. The topological polar surface area (TPSA) is 42.0 Å². The van der Waals surface area contributed by atoms with Crippen LogP contribution in [0.1, 0.15) is 24.0 Å². The molecule has 4 rings (SSSR count). The summed E-state index contributed by atoms with van der Waals surface area (Å²) in [5.41, 5.74) is 4.56. The Kier molecular flexibility index (Phi) is 4.92. The normalized spacial score (nSPS) is 15.8. The molecule has 2 heterocycles. The summed E-state index contributed by atoms with van der Waals surface area (Å²) in [6, 6.07) is 12.2. The SMILES string of the molecule is COc1ccc(CC(=O)N2CCc3cc(N4CCCC4)ccc32)cc1OC. The van der Waals surface area contributed by atoms with Gasteiger partial charge in [0.05, 0.1) is 20.6 Å². The van der Waals surface area contributed by atoms with Crippen molar-refractivity contribution >= 4 is 17.3 Å². The Morgan fingerprint density at radius 3 is 2.48 bits per heavy atom. The molecule has 0 aromatic heterocycles. The van der Waals surface area contributed by atoms with E-state index >= 15 is 0 Å². The quantitative estimate of drug-likeness (QED) is 0.813. The minimum atomic E-state index is 0.120. The molecule has 5 heteroatoms. The van der Waals surface area contributed by atoms with Crippen molar-refractivity contribution in [2.45, 2.75) is 25.7 Å². The van der Waals surface area contributed by atoms with Gasteiger partial charge >= 0.3 is 0 Å². The van der Waals surface area contributed by atoms with Crippen LogP contribution in [-0.4, -0.2) is 39.8 Å². The van der Waals surface area contributed by atoms with Crippen LogP contribution in [0.3, 0.4) is 0 Å². The maximum absolute atomic E-state index is 12.9. The molecule has 0 aliphatic carbocycles. The third-order valence-corrected chi connectivity index (χ3v) is 5.53. The van der Waals surface area contributed by atoms with Crippen LogP contribution in [0.25, 0.3) is 0 Å². The van der Waals surface area contributed by atoms with Gasteiger partial charge in [0.1, 0.15) is 0 Å². The van der Waals surface area contributed by atoms with Crippen molar-refractivity contribution in [2.24, 2.45) is 0 Å². The summed E-state index contributed by atoms with van der Waals surface area (Å²) in [7, 11) is 3.22. The Morgan fingerprint density at radius 1 is 0.963 bits per heavy atom. The van der Waals surface area contributed by atoms with Crippen LogP contribution < -0.4 is 19.3 Å². The van der Waals surface area contributed by atoms with Crippen molar-refractivity contribution < 1.29 is 14.3 Å². The summed E-state index contributed by atoms with van der Waals surface area (Å²) < 4.78 is 10.6. The average molecular weight is 366 g/mol. The number of anilines is 2. The van der Waals surface area contributed by atoms with Gasteiger partial charge in [0.2, 0.25) is 5.91 Å². The maximum atomic E-state index is 12.9. The van der Waals surface area contributed by atoms with Crippen LogP contribution in [0.4, 0.5) is 11.4 Å². The number of hydrogen-bond acceptors (Lipinski definition) is 4. The van der Waals surface area contributed by atoms with E-state index < -0.39 is 0 Å². The van der Waals surface area contributed by atoms with Gasteiger partial charge in [-0.05, 0) is 60.7 Å². The van der Waals surface area contributed by atoms with Crippen molar-refractivity contribution in [3.05, 3.63) is 47.5 Å². The van der Waals surface area contributed by atoms with Crippen LogP contribution in [0.15, 0.2) is 36.4 Å². The first kappa shape index (κ1) is 17.7. The predicted molar refractivity (Wildman–Crippen MR) is 107 cm³/mol. The van der Waals surface area contributed by atoms with Gasteiger partial charge in [-0.3, -0.25) is 4.79 Å². The summed E-state index contributed by atoms with van der Waals surface area (Å²) >= 11 is 0. The molecule has 2 aromatic rings. The molecule has 0 radical (unpaired) electrons. The third-order valence-electron chi connectivity index (χ3n) is 5.53. The van der Waals surface area contributed by atoms with Crippen molar-refractivity contribution in [2.75, 3.05) is 43.7 Å². The molecular formula is C22H26N2O3. The number of carbonyl (C=O) groups is 1. The zero-order chi connectivity index (χ0) is 18.8. The zero-order valence-corrected chi connectivity index (χ0v) is 16.0. The van der Waals surface area contributed by atoms with Crippen molar-refractivity contribution in [1.82, 2.24) is 0 Å². The molecule has 1 fully saturated rings. The Balaban J connectivity index is 1.50. The van der Waals surface area contributed by atoms with Gasteiger partial charge in [0.15, 0.2) is 11.5 Å². The van der Waals surface area contributed by atoms with E-state index in [1.165, 1.54) is 24.1 Å². The number of ether oxygens (including phenoxy) is 2. The van der Waals surface area contributed by atoms with Gasteiger partial charge in [0.25, 0.3) is 0 Å². The summed E-state index contributed by atoms with van der Waals surface area (Å²) in [4.78, 5) is 17.3. The van der Waals surface area contributed by atoms with Gasteiger partial charge in [0, 0.05) is 31.0 Å². The van der Waals surface area contributed by atoms with Gasteiger partial charge in [-0.15, -0.1) is 0 Å². The summed E-state index contributed by atoms with van der Waals surface area (Å²) in [6.07, 6.45) is 3.82. The molecule has 1 amide bonds. The number of carbonyl (C=O) groups excluding carboxylic acids is 1. The van der Waals surface area contributed by atoms with E-state index in [2.05, 4.69) is 23.1 Å². The number of amides is 1. The molecule has 2 aromatic carbocycles. The largest absolute Gasteiger partial charge is 0.493 e. The average Bonchev–Trinajstić information content (AvgIpc) is 3.37. The Morgan fingerprint density at radius 2 is 1.74 bits per heavy atom. The molecule has 0 spiro atoms. The van der Waals surface area contributed by atoms with Gasteiger partial charge in [-0.2, -0.15) is 0 Å². The van der Waals surface area contributed by atoms with Crippen LogP contribution >= 0.6 is 0 Å². The lowest BCUT2D eigenvalue weighted by atomic mass is 10.1. The van der Waals surface area contributed by atoms with Gasteiger partial charge < -0.3 is 19.3 Å². The Labute approximate surface area is 160 Å². The highest BCUT2D eigenvalue weighted by molar-refractivity contribution is 5.97. The fourth-order valence-electron chi connectivity index (χ4n) is 4.08. The fraction of sp³-hybridized carbons (Fsp3) is 0.409. The monoisotopic (exact) mass is 366 g/mol. The number of methoxy groups -OCH3 is 2. The second-order valence-corrected chi connectivity index (χ2v) is 7.17. The first-order valence-electron chi connectivity index (χ1n) is 9.59. The van der Waals surface area contributed by atoms with Crippen LogP contribution in [0, 0.1) is 0 Å². The van der Waals surface area contributed by atoms with E-state index in [1.807, 2.05) is 23.1 Å². The second-order valence-electron chi connectivity index (χ2n) is 7.17. The van der Waals surface area contributed by atoms with Crippen LogP contribution in [0.2, 0.25) is 0 Å². The molecule has 2 aliphatic rings. The Bertz CT molecular complexity index is 843. The molecule has 0 N–H and O–H groups in total. The molecular weight excluding hydrogens is 340 g/mol. The molecule has 27 heavy (non-hydrogen) atoms. The summed E-state index contributed by atoms with van der Waals surface area (Å²) in [6.45, 7) is 3.03. The number of benzene rings is 2. The number of rotatable bonds is 5. The molecule has 2 aliphatic heterocycles. The second kappa shape index (κ2) is 7.51. The van der Waals surface area contributed by atoms with E-state index in [0.29, 0.717) is 17.9 Å². The zero-order valence-electron chi connectivity index (χ0n) is 16.0. The fourth-order valence-corrected chi connectivity index (χ4v) is 4.08.